The Morgan fingerprint density at radius 3 is 2.32 bits per heavy atom. The number of hydrogen-bond acceptors (Lipinski definition) is 3. The second-order valence-corrected chi connectivity index (χ2v) is 7.54. The maximum atomic E-state index is 12.9. The number of carboxylic acid groups (broad SMARTS) is 1. The molecule has 0 aliphatic heterocycles. The van der Waals surface area contributed by atoms with E-state index in [0.717, 1.165) is 28.9 Å². The Morgan fingerprint density at radius 2 is 1.68 bits per heavy atom. The molecule has 4 rings (SSSR count). The van der Waals surface area contributed by atoms with E-state index in [9.17, 15) is 18.0 Å². The largest absolute Gasteiger partial charge is 0.481 e. The van der Waals surface area contributed by atoms with Gasteiger partial charge in [0.05, 0.1) is 11.5 Å². The smallest absolute Gasteiger partial charge is 0.416 e. The third-order valence-electron chi connectivity index (χ3n) is 5.24. The number of benzene rings is 3. The summed E-state index contributed by atoms with van der Waals surface area (Å²) in [5.41, 5.74) is 2.06. The van der Waals surface area contributed by atoms with Crippen molar-refractivity contribution >= 4 is 11.7 Å². The summed E-state index contributed by atoms with van der Waals surface area (Å²) in [5.74, 6) is -0.369. The van der Waals surface area contributed by atoms with E-state index in [2.05, 4.69) is 5.32 Å². The molecule has 1 aliphatic rings. The molecule has 3 aromatic carbocycles. The van der Waals surface area contributed by atoms with Crippen molar-refractivity contribution in [2.24, 2.45) is 5.92 Å². The van der Waals surface area contributed by atoms with Gasteiger partial charge in [-0.1, -0.05) is 30.3 Å². The van der Waals surface area contributed by atoms with E-state index in [1.807, 2.05) is 30.3 Å². The van der Waals surface area contributed by atoms with Gasteiger partial charge in [-0.25, -0.2) is 0 Å². The molecule has 0 amide bonds. The number of aliphatic carboxylic acids is 1. The van der Waals surface area contributed by atoms with Crippen LogP contribution in [0.25, 0.3) is 0 Å². The van der Waals surface area contributed by atoms with Gasteiger partial charge in [-0.2, -0.15) is 13.2 Å². The van der Waals surface area contributed by atoms with E-state index in [0.29, 0.717) is 18.7 Å². The van der Waals surface area contributed by atoms with Crippen LogP contribution < -0.4 is 10.1 Å². The van der Waals surface area contributed by atoms with Gasteiger partial charge >= 0.3 is 12.1 Å². The average Bonchev–Trinajstić information content (AvgIpc) is 3.54. The predicted molar refractivity (Wildman–Crippen MR) is 110 cm³/mol. The number of alkyl halides is 3. The first-order chi connectivity index (χ1) is 14.8. The summed E-state index contributed by atoms with van der Waals surface area (Å²) in [5, 5.41) is 12.3. The SMILES string of the molecule is O=C(O)[C@H]1CC1c1ccc(NCc2cccc(Oc3cccc(C(F)(F)F)c3)c2)cc1. The van der Waals surface area contributed by atoms with Crippen molar-refractivity contribution in [3.8, 4) is 11.5 Å². The molecular weight excluding hydrogens is 407 g/mol. The van der Waals surface area contributed by atoms with Gasteiger partial charge in [-0.05, 0) is 65.9 Å². The summed E-state index contributed by atoms with van der Waals surface area (Å²) in [6.45, 7) is 0.500. The van der Waals surface area contributed by atoms with Crippen LogP contribution in [0.2, 0.25) is 0 Å². The molecule has 2 N–H and O–H groups in total. The molecular formula is C24H20F3NO3. The maximum absolute atomic E-state index is 12.9. The molecule has 0 saturated heterocycles. The average molecular weight is 427 g/mol. The van der Waals surface area contributed by atoms with E-state index in [4.69, 9.17) is 9.84 Å². The first-order valence-corrected chi connectivity index (χ1v) is 9.80. The van der Waals surface area contributed by atoms with Gasteiger partial charge in [0.25, 0.3) is 0 Å². The predicted octanol–water partition coefficient (Wildman–Crippen LogP) is 6.30. The second-order valence-electron chi connectivity index (χ2n) is 7.54. The zero-order valence-corrected chi connectivity index (χ0v) is 16.4. The quantitative estimate of drug-likeness (QED) is 0.465. The monoisotopic (exact) mass is 427 g/mol. The molecule has 3 aromatic rings. The Kier molecular flexibility index (Phi) is 5.59. The highest BCUT2D eigenvalue weighted by molar-refractivity contribution is 5.75. The Labute approximate surface area is 177 Å². The van der Waals surface area contributed by atoms with Gasteiger partial charge in [0.15, 0.2) is 0 Å². The molecule has 0 bridgehead atoms. The molecule has 7 heteroatoms. The number of ether oxygens (including phenoxy) is 1. The fraction of sp³-hybridized carbons (Fsp3) is 0.208. The van der Waals surface area contributed by atoms with E-state index in [-0.39, 0.29) is 17.6 Å². The zero-order valence-electron chi connectivity index (χ0n) is 16.4. The Hall–Kier alpha value is -3.48. The number of hydrogen-bond donors (Lipinski definition) is 2. The summed E-state index contributed by atoms with van der Waals surface area (Å²) in [6, 6.07) is 19.6. The molecule has 2 atom stereocenters. The summed E-state index contributed by atoms with van der Waals surface area (Å²) >= 11 is 0. The third-order valence-corrected chi connectivity index (χ3v) is 5.24. The fourth-order valence-corrected chi connectivity index (χ4v) is 3.48. The maximum Gasteiger partial charge on any atom is 0.416 e. The molecule has 1 aliphatic carbocycles. The molecule has 1 unspecified atom stereocenters. The molecule has 160 valence electrons. The topological polar surface area (TPSA) is 58.6 Å². The number of carboxylic acids is 1. The van der Waals surface area contributed by atoms with Gasteiger partial charge in [-0.15, -0.1) is 0 Å². The fourth-order valence-electron chi connectivity index (χ4n) is 3.48. The third kappa shape index (κ3) is 5.17. The van der Waals surface area contributed by atoms with Crippen LogP contribution in [0.15, 0.2) is 72.8 Å². The van der Waals surface area contributed by atoms with Crippen molar-refractivity contribution in [3.05, 3.63) is 89.5 Å². The standard InChI is InChI=1S/C24H20F3NO3/c25-24(26,27)17-4-2-6-20(12-17)31-19-5-1-3-15(11-19)14-28-18-9-7-16(8-10-18)21-13-22(21)23(29)30/h1-12,21-22,28H,13-14H2,(H,29,30)/t21?,22-/m0/s1. The van der Waals surface area contributed by atoms with Crippen LogP contribution >= 0.6 is 0 Å². The van der Waals surface area contributed by atoms with Gasteiger partial charge in [0.2, 0.25) is 0 Å². The highest BCUT2D eigenvalue weighted by Gasteiger charge is 2.44. The lowest BCUT2D eigenvalue weighted by Gasteiger charge is -2.12. The molecule has 1 fully saturated rings. The lowest BCUT2D eigenvalue weighted by atomic mass is 10.1. The zero-order chi connectivity index (χ0) is 22.0. The molecule has 0 aromatic heterocycles. The van der Waals surface area contributed by atoms with Crippen molar-refractivity contribution < 1.29 is 27.8 Å². The minimum absolute atomic E-state index is 0.0937. The minimum atomic E-state index is -4.42. The highest BCUT2D eigenvalue weighted by atomic mass is 19.4. The van der Waals surface area contributed by atoms with E-state index < -0.39 is 17.7 Å². The summed E-state index contributed by atoms with van der Waals surface area (Å²) in [6.07, 6.45) is -3.74. The minimum Gasteiger partial charge on any atom is -0.481 e. The highest BCUT2D eigenvalue weighted by Crippen LogP contribution is 2.47. The Morgan fingerprint density at radius 1 is 1.00 bits per heavy atom. The van der Waals surface area contributed by atoms with E-state index in [1.165, 1.54) is 12.1 Å². The van der Waals surface area contributed by atoms with Crippen LogP contribution in [0.4, 0.5) is 18.9 Å². The van der Waals surface area contributed by atoms with E-state index >= 15 is 0 Å². The molecule has 0 radical (unpaired) electrons. The molecule has 4 nitrogen and oxygen atoms in total. The van der Waals surface area contributed by atoms with Crippen LogP contribution in [0.5, 0.6) is 11.5 Å². The van der Waals surface area contributed by atoms with Crippen LogP contribution in [0.1, 0.15) is 29.0 Å². The van der Waals surface area contributed by atoms with Crippen molar-refractivity contribution in [2.75, 3.05) is 5.32 Å². The molecule has 0 spiro atoms. The lowest BCUT2D eigenvalue weighted by Crippen LogP contribution is -2.04. The number of carbonyl (C=O) groups is 1. The van der Waals surface area contributed by atoms with Gasteiger partial charge in [-0.3, -0.25) is 4.79 Å². The van der Waals surface area contributed by atoms with E-state index in [1.54, 1.807) is 18.2 Å². The summed E-state index contributed by atoms with van der Waals surface area (Å²) in [7, 11) is 0. The number of nitrogens with one attached hydrogen (secondary N) is 1. The number of rotatable bonds is 7. The van der Waals surface area contributed by atoms with Crippen molar-refractivity contribution in [1.82, 2.24) is 0 Å². The summed E-state index contributed by atoms with van der Waals surface area (Å²) < 4.78 is 44.2. The summed E-state index contributed by atoms with van der Waals surface area (Å²) in [4.78, 5) is 11.0. The number of halogens is 3. The van der Waals surface area contributed by atoms with Crippen LogP contribution in [0.3, 0.4) is 0 Å². The normalized spacial score (nSPS) is 17.8. The van der Waals surface area contributed by atoms with Crippen LogP contribution in [-0.4, -0.2) is 11.1 Å². The van der Waals surface area contributed by atoms with Gasteiger partial charge < -0.3 is 15.2 Å². The molecule has 31 heavy (non-hydrogen) atoms. The first-order valence-electron chi connectivity index (χ1n) is 9.80. The molecule has 0 heterocycles. The van der Waals surface area contributed by atoms with Crippen LogP contribution in [-0.2, 0) is 17.5 Å². The first kappa shape index (κ1) is 20.8. The van der Waals surface area contributed by atoms with Crippen molar-refractivity contribution in [2.45, 2.75) is 25.1 Å². The number of anilines is 1. The Balaban J connectivity index is 1.36. The Bertz CT molecular complexity index is 1080. The van der Waals surface area contributed by atoms with Gasteiger partial charge in [0, 0.05) is 12.2 Å². The van der Waals surface area contributed by atoms with Crippen LogP contribution in [0, 0.1) is 5.92 Å². The lowest BCUT2D eigenvalue weighted by molar-refractivity contribution is -0.139. The second kappa shape index (κ2) is 8.34. The van der Waals surface area contributed by atoms with Gasteiger partial charge in [0.1, 0.15) is 11.5 Å². The van der Waals surface area contributed by atoms with Crippen molar-refractivity contribution in [3.63, 3.8) is 0 Å². The van der Waals surface area contributed by atoms with Crippen molar-refractivity contribution in [1.29, 1.82) is 0 Å². The molecule has 1 saturated carbocycles.